The fraction of sp³-hybridized carbons (Fsp3) is 0.583. The van der Waals surface area contributed by atoms with Gasteiger partial charge in [-0.1, -0.05) is 31.5 Å². The van der Waals surface area contributed by atoms with Gasteiger partial charge in [-0.3, -0.25) is 4.79 Å². The summed E-state index contributed by atoms with van der Waals surface area (Å²) in [6, 6.07) is 0. The number of rotatable bonds is 7. The summed E-state index contributed by atoms with van der Waals surface area (Å²) in [5.41, 5.74) is 0.249. The van der Waals surface area contributed by atoms with Crippen molar-refractivity contribution >= 4 is 17.7 Å². The Hall–Kier alpha value is -1.30. The van der Waals surface area contributed by atoms with Crippen molar-refractivity contribution < 1.29 is 9.90 Å². The monoisotopic (exact) mass is 269 g/mol. The molecule has 1 rings (SSSR count). The maximum Gasteiger partial charge on any atom is 0.255 e. The molecule has 0 amide bonds. The molecule has 0 unspecified atom stereocenters. The van der Waals surface area contributed by atoms with Crippen LogP contribution in [0.4, 0.5) is 0 Å². The Balaban J connectivity index is 2.73. The lowest BCUT2D eigenvalue weighted by Gasteiger charge is -2.07. The second-order valence-corrected chi connectivity index (χ2v) is 5.12. The highest BCUT2D eigenvalue weighted by Crippen LogP contribution is 2.15. The summed E-state index contributed by atoms with van der Waals surface area (Å²) in [6.07, 6.45) is 2.98. The molecule has 0 aliphatic carbocycles. The van der Waals surface area contributed by atoms with Crippen LogP contribution in [0.5, 0.6) is 0 Å². The standard InChI is InChI=1S/C12H18N2O3S/c1-3-4-5-6-18-12-13-8(2)9(7-10(15)16)11(17)14-12/h3-7H2,1-2H3,(H,15,16)(H,13,14,17)/p-1. The molecule has 0 saturated heterocycles. The van der Waals surface area contributed by atoms with Crippen LogP contribution in [0, 0.1) is 6.92 Å². The highest BCUT2D eigenvalue weighted by Gasteiger charge is 2.08. The molecule has 0 aromatic carbocycles. The molecular weight excluding hydrogens is 252 g/mol. The highest BCUT2D eigenvalue weighted by atomic mass is 32.2. The number of H-pyrrole nitrogens is 1. The van der Waals surface area contributed by atoms with Crippen LogP contribution in [0.15, 0.2) is 9.95 Å². The minimum atomic E-state index is -1.27. The molecule has 6 heteroatoms. The van der Waals surface area contributed by atoms with Gasteiger partial charge in [-0.2, -0.15) is 0 Å². The minimum Gasteiger partial charge on any atom is -0.550 e. The van der Waals surface area contributed by atoms with Gasteiger partial charge in [0.15, 0.2) is 5.16 Å². The Bertz CT molecular complexity index is 471. The lowest BCUT2D eigenvalue weighted by atomic mass is 10.2. The van der Waals surface area contributed by atoms with E-state index in [4.69, 9.17) is 0 Å². The normalized spacial score (nSPS) is 10.6. The van der Waals surface area contributed by atoms with E-state index >= 15 is 0 Å². The van der Waals surface area contributed by atoms with E-state index < -0.39 is 12.4 Å². The topological polar surface area (TPSA) is 85.9 Å². The van der Waals surface area contributed by atoms with E-state index in [1.54, 1.807) is 6.92 Å². The number of thioether (sulfide) groups is 1. The van der Waals surface area contributed by atoms with Crippen molar-refractivity contribution in [3.05, 3.63) is 21.6 Å². The average molecular weight is 269 g/mol. The number of aromatic amines is 1. The lowest BCUT2D eigenvalue weighted by Crippen LogP contribution is -2.29. The zero-order valence-corrected chi connectivity index (χ0v) is 11.4. The molecular formula is C12H17N2O3S-. The van der Waals surface area contributed by atoms with Crippen LogP contribution in [0.2, 0.25) is 0 Å². The molecule has 0 radical (unpaired) electrons. The van der Waals surface area contributed by atoms with Gasteiger partial charge >= 0.3 is 0 Å². The second-order valence-electron chi connectivity index (χ2n) is 4.04. The van der Waals surface area contributed by atoms with Gasteiger partial charge in [-0.25, -0.2) is 4.98 Å². The fourth-order valence-electron chi connectivity index (χ4n) is 1.53. The maximum atomic E-state index is 11.7. The number of nitrogens with zero attached hydrogens (tertiary/aromatic N) is 1. The maximum absolute atomic E-state index is 11.7. The van der Waals surface area contributed by atoms with Gasteiger partial charge < -0.3 is 14.9 Å². The van der Waals surface area contributed by atoms with Crippen molar-refractivity contribution in [1.82, 2.24) is 9.97 Å². The number of carboxylic acid groups (broad SMARTS) is 1. The van der Waals surface area contributed by atoms with Crippen LogP contribution in [0.1, 0.15) is 37.4 Å². The van der Waals surface area contributed by atoms with E-state index in [0.29, 0.717) is 10.9 Å². The van der Waals surface area contributed by atoms with E-state index in [9.17, 15) is 14.7 Å². The molecule has 0 saturated carbocycles. The van der Waals surface area contributed by atoms with Crippen LogP contribution in [0.3, 0.4) is 0 Å². The van der Waals surface area contributed by atoms with Crippen LogP contribution >= 0.6 is 11.8 Å². The summed E-state index contributed by atoms with van der Waals surface area (Å²) in [7, 11) is 0. The van der Waals surface area contributed by atoms with Gasteiger partial charge in [0.05, 0.1) is 0 Å². The summed E-state index contributed by atoms with van der Waals surface area (Å²) in [4.78, 5) is 29.0. The Labute approximate surface area is 110 Å². The minimum absolute atomic E-state index is 0.174. The first-order valence-electron chi connectivity index (χ1n) is 5.97. The van der Waals surface area contributed by atoms with E-state index in [2.05, 4.69) is 16.9 Å². The largest absolute Gasteiger partial charge is 0.550 e. The third-order valence-electron chi connectivity index (χ3n) is 2.51. The number of aryl methyl sites for hydroxylation is 1. The molecule has 0 fully saturated rings. The Kier molecular flexibility index (Phi) is 5.91. The number of hydrogen-bond acceptors (Lipinski definition) is 5. The third kappa shape index (κ3) is 4.52. The molecule has 100 valence electrons. The van der Waals surface area contributed by atoms with Crippen molar-refractivity contribution in [2.75, 3.05) is 5.75 Å². The lowest BCUT2D eigenvalue weighted by molar-refractivity contribution is -0.304. The molecule has 0 bridgehead atoms. The number of carbonyl (C=O) groups excluding carboxylic acids is 1. The van der Waals surface area contributed by atoms with Gasteiger partial charge in [0.25, 0.3) is 5.56 Å². The van der Waals surface area contributed by atoms with Crippen LogP contribution in [0.25, 0.3) is 0 Å². The van der Waals surface area contributed by atoms with E-state index in [1.165, 1.54) is 11.8 Å². The molecule has 5 nitrogen and oxygen atoms in total. The van der Waals surface area contributed by atoms with Crippen molar-refractivity contribution in [3.63, 3.8) is 0 Å². The van der Waals surface area contributed by atoms with Gasteiger partial charge in [-0.15, -0.1) is 0 Å². The van der Waals surface area contributed by atoms with E-state index in [0.717, 1.165) is 25.0 Å². The van der Waals surface area contributed by atoms with Crippen molar-refractivity contribution in [3.8, 4) is 0 Å². The summed E-state index contributed by atoms with van der Waals surface area (Å²) >= 11 is 1.49. The van der Waals surface area contributed by atoms with E-state index in [1.807, 2.05) is 0 Å². The van der Waals surface area contributed by atoms with Crippen LogP contribution in [-0.4, -0.2) is 21.7 Å². The van der Waals surface area contributed by atoms with Crippen molar-refractivity contribution in [2.24, 2.45) is 0 Å². The summed E-state index contributed by atoms with van der Waals surface area (Å²) in [5.74, 6) is -0.371. The molecule has 1 N–H and O–H groups in total. The number of carbonyl (C=O) groups is 1. The Morgan fingerprint density at radius 1 is 1.44 bits per heavy atom. The number of aromatic nitrogens is 2. The van der Waals surface area contributed by atoms with Gasteiger partial charge in [0.2, 0.25) is 0 Å². The SMILES string of the molecule is CCCCCSc1nc(C)c(CC(=O)[O-])c(=O)[nH]1. The third-order valence-corrected chi connectivity index (χ3v) is 3.47. The summed E-state index contributed by atoms with van der Waals surface area (Å²) in [6.45, 7) is 3.77. The number of nitrogens with one attached hydrogen (secondary N) is 1. The van der Waals surface area contributed by atoms with Gasteiger partial charge in [0, 0.05) is 29.4 Å². The molecule has 1 aromatic heterocycles. The smallest absolute Gasteiger partial charge is 0.255 e. The predicted octanol–water partition coefficient (Wildman–Crippen LogP) is 0.653. The number of aliphatic carboxylic acids is 1. The quantitative estimate of drug-likeness (QED) is 0.446. The molecule has 1 aromatic rings. The molecule has 0 aliphatic heterocycles. The van der Waals surface area contributed by atoms with Crippen LogP contribution < -0.4 is 10.7 Å². The number of hydrogen-bond donors (Lipinski definition) is 1. The summed E-state index contributed by atoms with van der Waals surface area (Å²) in [5, 5.41) is 11.1. The summed E-state index contributed by atoms with van der Waals surface area (Å²) < 4.78 is 0. The van der Waals surface area contributed by atoms with E-state index in [-0.39, 0.29) is 11.1 Å². The first-order valence-corrected chi connectivity index (χ1v) is 6.95. The first kappa shape index (κ1) is 14.8. The zero-order chi connectivity index (χ0) is 13.5. The number of carboxylic acids is 1. The average Bonchev–Trinajstić information content (AvgIpc) is 2.29. The van der Waals surface area contributed by atoms with Crippen LogP contribution in [-0.2, 0) is 11.2 Å². The Morgan fingerprint density at radius 3 is 2.72 bits per heavy atom. The highest BCUT2D eigenvalue weighted by molar-refractivity contribution is 7.99. The molecule has 0 atom stereocenters. The Morgan fingerprint density at radius 2 is 2.17 bits per heavy atom. The predicted molar refractivity (Wildman–Crippen MR) is 68.6 cm³/mol. The number of unbranched alkanes of at least 4 members (excludes halogenated alkanes) is 2. The zero-order valence-electron chi connectivity index (χ0n) is 10.6. The first-order chi connectivity index (χ1) is 8.54. The second kappa shape index (κ2) is 7.20. The fourth-order valence-corrected chi connectivity index (χ4v) is 2.43. The van der Waals surface area contributed by atoms with Gasteiger partial charge in [-0.05, 0) is 13.3 Å². The molecule has 0 aliphatic rings. The van der Waals surface area contributed by atoms with Gasteiger partial charge in [0.1, 0.15) is 0 Å². The van der Waals surface area contributed by atoms with Crippen molar-refractivity contribution in [2.45, 2.75) is 44.7 Å². The van der Waals surface area contributed by atoms with Crippen molar-refractivity contribution in [1.29, 1.82) is 0 Å². The molecule has 18 heavy (non-hydrogen) atoms. The molecule has 1 heterocycles. The molecule has 0 spiro atoms.